The second kappa shape index (κ2) is 3.51. The molecule has 0 fully saturated rings. The third-order valence-electron chi connectivity index (χ3n) is 1.66. The highest BCUT2D eigenvalue weighted by molar-refractivity contribution is 7.91. The minimum atomic E-state index is -3.81. The summed E-state index contributed by atoms with van der Waals surface area (Å²) >= 11 is 11.3. The maximum absolute atomic E-state index is 11.9. The van der Waals surface area contributed by atoms with Crippen LogP contribution >= 0.6 is 23.2 Å². The lowest BCUT2D eigenvalue weighted by Crippen LogP contribution is -2.04. The number of halogens is 2. The monoisotopic (exact) mass is 266 g/mol. The molecule has 6 nitrogen and oxygen atoms in total. The van der Waals surface area contributed by atoms with E-state index in [0.717, 1.165) is 0 Å². The third kappa shape index (κ3) is 1.62. The number of hydrogen-bond donors (Lipinski definition) is 2. The van der Waals surface area contributed by atoms with Crippen molar-refractivity contribution in [2.45, 2.75) is 10.1 Å². The molecule has 0 saturated heterocycles. The maximum atomic E-state index is 11.9. The molecule has 0 amide bonds. The van der Waals surface area contributed by atoms with Crippen LogP contribution in [0.3, 0.4) is 0 Å². The van der Waals surface area contributed by atoms with Gasteiger partial charge in [0.25, 0.3) is 0 Å². The van der Waals surface area contributed by atoms with E-state index < -0.39 is 9.84 Å². The fourth-order valence-electron chi connectivity index (χ4n) is 0.998. The van der Waals surface area contributed by atoms with E-state index in [0.29, 0.717) is 0 Å². The van der Waals surface area contributed by atoms with Crippen LogP contribution in [-0.4, -0.2) is 28.8 Å². The second-order valence-electron chi connectivity index (χ2n) is 2.60. The zero-order valence-corrected chi connectivity index (χ0v) is 9.36. The first-order valence-electron chi connectivity index (χ1n) is 3.66. The standard InChI is InChI=1S/C6H4Cl2N4O2S/c7-3-1-9-11-5(3)15(13,14)6-4(8)2-10-12-6/h1-2H,(H,9,11)(H,10,12). The number of sulfone groups is 1. The molecule has 0 atom stereocenters. The summed E-state index contributed by atoms with van der Waals surface area (Å²) < 4.78 is 23.8. The Morgan fingerprint density at radius 2 is 1.40 bits per heavy atom. The Labute approximate surface area is 94.5 Å². The molecule has 0 aliphatic carbocycles. The molecule has 2 rings (SSSR count). The smallest absolute Gasteiger partial charge is 0.242 e. The van der Waals surface area contributed by atoms with E-state index >= 15 is 0 Å². The Bertz CT molecular complexity index is 542. The highest BCUT2D eigenvalue weighted by Crippen LogP contribution is 2.27. The molecular formula is C6H4Cl2N4O2S. The second-order valence-corrected chi connectivity index (χ2v) is 5.24. The molecular weight excluding hydrogens is 263 g/mol. The van der Waals surface area contributed by atoms with E-state index in [4.69, 9.17) is 23.2 Å². The zero-order chi connectivity index (χ0) is 11.1. The van der Waals surface area contributed by atoms with Crippen molar-refractivity contribution in [1.82, 2.24) is 20.4 Å². The molecule has 0 aliphatic rings. The van der Waals surface area contributed by atoms with E-state index in [1.165, 1.54) is 12.4 Å². The molecule has 80 valence electrons. The van der Waals surface area contributed by atoms with Gasteiger partial charge in [0, 0.05) is 0 Å². The number of hydrogen-bond acceptors (Lipinski definition) is 4. The quantitative estimate of drug-likeness (QED) is 0.857. The van der Waals surface area contributed by atoms with Crippen molar-refractivity contribution in [2.75, 3.05) is 0 Å². The van der Waals surface area contributed by atoms with Gasteiger partial charge in [-0.15, -0.1) is 0 Å². The molecule has 0 radical (unpaired) electrons. The normalized spacial score (nSPS) is 11.9. The van der Waals surface area contributed by atoms with Crippen LogP contribution in [0.5, 0.6) is 0 Å². The van der Waals surface area contributed by atoms with Crippen LogP contribution < -0.4 is 0 Å². The SMILES string of the molecule is O=S(=O)(c1[nH]ncc1Cl)c1[nH]ncc1Cl. The van der Waals surface area contributed by atoms with Crippen LogP contribution in [0.25, 0.3) is 0 Å². The lowest BCUT2D eigenvalue weighted by Gasteiger charge is -1.98. The van der Waals surface area contributed by atoms with Gasteiger partial charge in [-0.1, -0.05) is 23.2 Å². The van der Waals surface area contributed by atoms with E-state index in [1.54, 1.807) is 0 Å². The van der Waals surface area contributed by atoms with Crippen LogP contribution in [0, 0.1) is 0 Å². The van der Waals surface area contributed by atoms with E-state index in [9.17, 15) is 8.42 Å². The van der Waals surface area contributed by atoms with Gasteiger partial charge in [-0.05, 0) is 0 Å². The summed E-state index contributed by atoms with van der Waals surface area (Å²) in [6, 6.07) is 0. The summed E-state index contributed by atoms with van der Waals surface area (Å²) in [5, 5.41) is 11.2. The van der Waals surface area contributed by atoms with Gasteiger partial charge in [-0.3, -0.25) is 10.2 Å². The van der Waals surface area contributed by atoms with Crippen LogP contribution in [0.2, 0.25) is 10.0 Å². The van der Waals surface area contributed by atoms with Crippen LogP contribution in [-0.2, 0) is 9.84 Å². The number of rotatable bonds is 2. The van der Waals surface area contributed by atoms with Crippen LogP contribution in [0.15, 0.2) is 22.4 Å². The maximum Gasteiger partial charge on any atom is 0.242 e. The first-order valence-corrected chi connectivity index (χ1v) is 5.90. The summed E-state index contributed by atoms with van der Waals surface area (Å²) in [5.41, 5.74) is 0. The third-order valence-corrected chi connectivity index (χ3v) is 4.15. The lowest BCUT2D eigenvalue weighted by atomic mass is 10.7. The Morgan fingerprint density at radius 3 is 1.67 bits per heavy atom. The van der Waals surface area contributed by atoms with Gasteiger partial charge >= 0.3 is 0 Å². The molecule has 2 N–H and O–H groups in total. The van der Waals surface area contributed by atoms with Gasteiger partial charge in [-0.2, -0.15) is 10.2 Å². The molecule has 0 spiro atoms. The van der Waals surface area contributed by atoms with Crippen molar-refractivity contribution >= 4 is 33.0 Å². The van der Waals surface area contributed by atoms with Gasteiger partial charge in [0.1, 0.15) is 0 Å². The Hall–Kier alpha value is -1.05. The summed E-state index contributed by atoms with van der Waals surface area (Å²) in [6.07, 6.45) is 2.39. The molecule has 2 aromatic rings. The summed E-state index contributed by atoms with van der Waals surface area (Å²) in [5.74, 6) is 0. The fraction of sp³-hybridized carbons (Fsp3) is 0. The van der Waals surface area contributed by atoms with E-state index in [2.05, 4.69) is 20.4 Å². The fourth-order valence-corrected chi connectivity index (χ4v) is 2.96. The summed E-state index contributed by atoms with van der Waals surface area (Å²) in [4.78, 5) is 0. The minimum absolute atomic E-state index is 0.000617. The summed E-state index contributed by atoms with van der Waals surface area (Å²) in [7, 11) is -3.81. The predicted molar refractivity (Wildman–Crippen MR) is 52.6 cm³/mol. The average Bonchev–Trinajstić information content (AvgIpc) is 2.73. The molecule has 0 unspecified atom stereocenters. The van der Waals surface area contributed by atoms with E-state index in [1.807, 2.05) is 0 Å². The lowest BCUT2D eigenvalue weighted by molar-refractivity contribution is 0.588. The predicted octanol–water partition coefficient (Wildman–Crippen LogP) is 1.27. The Morgan fingerprint density at radius 1 is 1.00 bits per heavy atom. The van der Waals surface area contributed by atoms with Gasteiger partial charge in [0.15, 0.2) is 10.1 Å². The van der Waals surface area contributed by atoms with Crippen molar-refractivity contribution in [1.29, 1.82) is 0 Å². The van der Waals surface area contributed by atoms with Crippen molar-refractivity contribution in [2.24, 2.45) is 0 Å². The number of H-pyrrole nitrogens is 2. The van der Waals surface area contributed by atoms with Gasteiger partial charge in [0.2, 0.25) is 9.84 Å². The molecule has 0 aromatic carbocycles. The topological polar surface area (TPSA) is 91.5 Å². The summed E-state index contributed by atoms with van der Waals surface area (Å²) in [6.45, 7) is 0. The minimum Gasteiger partial charge on any atom is -0.266 e. The van der Waals surface area contributed by atoms with Gasteiger partial charge in [0.05, 0.1) is 22.4 Å². The van der Waals surface area contributed by atoms with Crippen molar-refractivity contribution in [3.63, 3.8) is 0 Å². The number of aromatic nitrogens is 4. The van der Waals surface area contributed by atoms with E-state index in [-0.39, 0.29) is 20.1 Å². The molecule has 2 aromatic heterocycles. The number of aromatic amines is 2. The highest BCUT2D eigenvalue weighted by atomic mass is 35.5. The average molecular weight is 267 g/mol. The van der Waals surface area contributed by atoms with Gasteiger partial charge < -0.3 is 0 Å². The molecule has 15 heavy (non-hydrogen) atoms. The number of nitrogens with zero attached hydrogens (tertiary/aromatic N) is 2. The van der Waals surface area contributed by atoms with Crippen LogP contribution in [0.4, 0.5) is 0 Å². The highest BCUT2D eigenvalue weighted by Gasteiger charge is 2.26. The first kappa shape index (κ1) is 10.5. The largest absolute Gasteiger partial charge is 0.266 e. The number of nitrogens with one attached hydrogen (secondary N) is 2. The van der Waals surface area contributed by atoms with Crippen LogP contribution in [0.1, 0.15) is 0 Å². The van der Waals surface area contributed by atoms with Crippen molar-refractivity contribution in [3.8, 4) is 0 Å². The zero-order valence-electron chi connectivity index (χ0n) is 7.03. The molecule has 0 bridgehead atoms. The van der Waals surface area contributed by atoms with Crippen molar-refractivity contribution in [3.05, 3.63) is 22.4 Å². The Kier molecular flexibility index (Phi) is 2.45. The molecule has 0 aliphatic heterocycles. The van der Waals surface area contributed by atoms with Crippen molar-refractivity contribution < 1.29 is 8.42 Å². The van der Waals surface area contributed by atoms with Gasteiger partial charge in [-0.25, -0.2) is 8.42 Å². The first-order chi connectivity index (χ1) is 7.03. The molecule has 2 heterocycles. The Balaban J connectivity index is 2.64. The molecule has 9 heteroatoms. The molecule has 0 saturated carbocycles.